The van der Waals surface area contributed by atoms with Gasteiger partial charge in [0, 0.05) is 0 Å². The van der Waals surface area contributed by atoms with Gasteiger partial charge in [-0.3, -0.25) is 14.4 Å². The molecule has 0 aromatic rings. The highest BCUT2D eigenvalue weighted by Gasteiger charge is 2.52. The van der Waals surface area contributed by atoms with Crippen LogP contribution in [0.5, 0.6) is 0 Å². The second-order valence-electron chi connectivity index (χ2n) is 6.88. The van der Waals surface area contributed by atoms with Crippen molar-refractivity contribution < 1.29 is 29.0 Å². The summed E-state index contributed by atoms with van der Waals surface area (Å²) in [6.07, 6.45) is 5.13. The van der Waals surface area contributed by atoms with E-state index in [9.17, 15) is 19.5 Å². The normalized spacial score (nSPS) is 26.6. The summed E-state index contributed by atoms with van der Waals surface area (Å²) in [5.41, 5.74) is -0.562. The van der Waals surface area contributed by atoms with Gasteiger partial charge in [0.2, 0.25) is 0 Å². The van der Waals surface area contributed by atoms with Crippen molar-refractivity contribution in [3.63, 3.8) is 0 Å². The summed E-state index contributed by atoms with van der Waals surface area (Å²) in [6, 6.07) is 0. The first kappa shape index (κ1) is 21.2. The molecule has 142 valence electrons. The number of carboxylic acids is 1. The van der Waals surface area contributed by atoms with Crippen LogP contribution in [0.2, 0.25) is 0 Å². The highest BCUT2D eigenvalue weighted by molar-refractivity contribution is 5.83. The van der Waals surface area contributed by atoms with Crippen LogP contribution in [0.3, 0.4) is 0 Å². The number of esters is 2. The predicted molar refractivity (Wildman–Crippen MR) is 92.7 cm³/mol. The summed E-state index contributed by atoms with van der Waals surface area (Å²) in [7, 11) is 0. The molecule has 1 fully saturated rings. The van der Waals surface area contributed by atoms with E-state index in [1.165, 1.54) is 0 Å². The van der Waals surface area contributed by atoms with E-state index in [4.69, 9.17) is 9.47 Å². The maximum atomic E-state index is 12.2. The number of rotatable bonds is 7. The molecule has 0 aromatic heterocycles. The zero-order chi connectivity index (χ0) is 19.2. The Morgan fingerprint density at radius 3 is 2.08 bits per heavy atom. The molecule has 1 saturated carbocycles. The molecular formula is C19H30O6. The van der Waals surface area contributed by atoms with E-state index in [-0.39, 0.29) is 31.0 Å². The quantitative estimate of drug-likeness (QED) is 0.429. The third kappa shape index (κ3) is 4.83. The molecule has 0 aliphatic heterocycles. The van der Waals surface area contributed by atoms with E-state index >= 15 is 0 Å². The SMILES string of the molecule is CC.CCC(C)(C)C(=O)OCCOC(=O)C1C2C=CC(C2)C1C(=O)O. The molecule has 4 unspecified atom stereocenters. The summed E-state index contributed by atoms with van der Waals surface area (Å²) in [5.74, 6) is -3.29. The van der Waals surface area contributed by atoms with Gasteiger partial charge in [-0.2, -0.15) is 0 Å². The van der Waals surface area contributed by atoms with Crippen LogP contribution in [0.4, 0.5) is 0 Å². The lowest BCUT2D eigenvalue weighted by molar-refractivity contribution is -0.163. The third-order valence-electron chi connectivity index (χ3n) is 5.01. The van der Waals surface area contributed by atoms with Crippen molar-refractivity contribution >= 4 is 17.9 Å². The van der Waals surface area contributed by atoms with Gasteiger partial charge in [-0.25, -0.2) is 0 Å². The van der Waals surface area contributed by atoms with Crippen LogP contribution >= 0.6 is 0 Å². The van der Waals surface area contributed by atoms with Gasteiger partial charge >= 0.3 is 17.9 Å². The van der Waals surface area contributed by atoms with Gasteiger partial charge in [0.25, 0.3) is 0 Å². The Morgan fingerprint density at radius 1 is 1.04 bits per heavy atom. The van der Waals surface area contributed by atoms with Crippen molar-refractivity contribution in [3.8, 4) is 0 Å². The number of carbonyl (C=O) groups is 3. The minimum Gasteiger partial charge on any atom is -0.481 e. The molecule has 25 heavy (non-hydrogen) atoms. The lowest BCUT2D eigenvalue weighted by Gasteiger charge is -2.23. The van der Waals surface area contributed by atoms with Gasteiger partial charge in [-0.05, 0) is 38.5 Å². The summed E-state index contributed by atoms with van der Waals surface area (Å²) in [4.78, 5) is 35.3. The average Bonchev–Trinajstić information content (AvgIpc) is 3.21. The van der Waals surface area contributed by atoms with Crippen LogP contribution < -0.4 is 0 Å². The Hall–Kier alpha value is -1.85. The van der Waals surface area contributed by atoms with E-state index in [2.05, 4.69) is 0 Å². The first-order valence-electron chi connectivity index (χ1n) is 9.03. The molecule has 0 heterocycles. The van der Waals surface area contributed by atoms with Crippen LogP contribution in [0, 0.1) is 29.1 Å². The molecule has 1 N–H and O–H groups in total. The number of hydrogen-bond acceptors (Lipinski definition) is 5. The smallest absolute Gasteiger partial charge is 0.311 e. The Labute approximate surface area is 149 Å². The Balaban J connectivity index is 0.00000151. The highest BCUT2D eigenvalue weighted by Crippen LogP contribution is 2.48. The number of allylic oxidation sites excluding steroid dienone is 2. The predicted octanol–water partition coefficient (Wildman–Crippen LogP) is 3.06. The van der Waals surface area contributed by atoms with Crippen LogP contribution in [-0.2, 0) is 23.9 Å². The first-order valence-corrected chi connectivity index (χ1v) is 9.03. The molecule has 2 aliphatic rings. The fourth-order valence-electron chi connectivity index (χ4n) is 3.19. The van der Waals surface area contributed by atoms with Crippen LogP contribution in [0.25, 0.3) is 0 Å². The van der Waals surface area contributed by atoms with Crippen molar-refractivity contribution in [1.29, 1.82) is 0 Å². The molecular weight excluding hydrogens is 324 g/mol. The Morgan fingerprint density at radius 2 is 1.56 bits per heavy atom. The molecule has 0 radical (unpaired) electrons. The summed E-state index contributed by atoms with van der Waals surface area (Å²) >= 11 is 0. The van der Waals surface area contributed by atoms with Crippen molar-refractivity contribution in [2.24, 2.45) is 29.1 Å². The molecule has 0 saturated heterocycles. The second kappa shape index (κ2) is 9.02. The second-order valence-corrected chi connectivity index (χ2v) is 6.88. The van der Waals surface area contributed by atoms with E-state index in [1.807, 2.05) is 32.9 Å². The summed E-state index contributed by atoms with van der Waals surface area (Å²) < 4.78 is 10.2. The lowest BCUT2D eigenvalue weighted by Crippen LogP contribution is -2.35. The lowest BCUT2D eigenvalue weighted by atomic mass is 9.83. The largest absolute Gasteiger partial charge is 0.481 e. The van der Waals surface area contributed by atoms with Gasteiger partial charge in [0.15, 0.2) is 0 Å². The number of carbonyl (C=O) groups excluding carboxylic acids is 2. The van der Waals surface area contributed by atoms with Gasteiger partial charge in [0.1, 0.15) is 13.2 Å². The summed E-state index contributed by atoms with van der Waals surface area (Å²) in [5, 5.41) is 9.30. The molecule has 0 aromatic carbocycles. The zero-order valence-corrected chi connectivity index (χ0v) is 15.8. The zero-order valence-electron chi connectivity index (χ0n) is 15.8. The summed E-state index contributed by atoms with van der Waals surface area (Å²) in [6.45, 7) is 9.42. The maximum absolute atomic E-state index is 12.2. The first-order chi connectivity index (χ1) is 11.8. The molecule has 0 spiro atoms. The van der Waals surface area contributed by atoms with Crippen molar-refractivity contribution in [2.75, 3.05) is 13.2 Å². The number of carboxylic acid groups (broad SMARTS) is 1. The minimum atomic E-state index is -0.958. The topological polar surface area (TPSA) is 89.9 Å². The molecule has 2 aliphatic carbocycles. The van der Waals surface area contributed by atoms with Crippen molar-refractivity contribution in [2.45, 2.75) is 47.5 Å². The Bertz CT molecular complexity index is 522. The highest BCUT2D eigenvalue weighted by atomic mass is 16.6. The number of ether oxygens (including phenoxy) is 2. The number of hydrogen-bond donors (Lipinski definition) is 1. The molecule has 2 rings (SSSR count). The fourth-order valence-corrected chi connectivity index (χ4v) is 3.19. The molecule has 6 nitrogen and oxygen atoms in total. The van der Waals surface area contributed by atoms with Gasteiger partial charge in [-0.1, -0.05) is 32.9 Å². The molecule has 6 heteroatoms. The van der Waals surface area contributed by atoms with Crippen LogP contribution in [-0.4, -0.2) is 36.2 Å². The van der Waals surface area contributed by atoms with E-state index in [0.717, 1.165) is 0 Å². The minimum absolute atomic E-state index is 0.0115. The monoisotopic (exact) mass is 354 g/mol. The van der Waals surface area contributed by atoms with Crippen LogP contribution in [0.1, 0.15) is 47.5 Å². The average molecular weight is 354 g/mol. The van der Waals surface area contributed by atoms with Crippen LogP contribution in [0.15, 0.2) is 12.2 Å². The van der Waals surface area contributed by atoms with Gasteiger partial charge < -0.3 is 14.6 Å². The van der Waals surface area contributed by atoms with E-state index in [1.54, 1.807) is 13.8 Å². The molecule has 4 atom stereocenters. The van der Waals surface area contributed by atoms with Crippen molar-refractivity contribution in [3.05, 3.63) is 12.2 Å². The van der Waals surface area contributed by atoms with E-state index in [0.29, 0.717) is 12.8 Å². The van der Waals surface area contributed by atoms with Crippen molar-refractivity contribution in [1.82, 2.24) is 0 Å². The van der Waals surface area contributed by atoms with Gasteiger partial charge in [0.05, 0.1) is 17.3 Å². The third-order valence-corrected chi connectivity index (χ3v) is 5.01. The van der Waals surface area contributed by atoms with E-state index < -0.39 is 29.2 Å². The molecule has 2 bridgehead atoms. The Kier molecular flexibility index (Phi) is 7.64. The van der Waals surface area contributed by atoms with Gasteiger partial charge in [-0.15, -0.1) is 0 Å². The number of aliphatic carboxylic acids is 1. The molecule has 0 amide bonds. The standard InChI is InChI=1S/C17H24O6.C2H6/c1-4-17(2,3)16(21)23-8-7-22-15(20)13-11-6-5-10(9-11)12(13)14(18)19;1-2/h5-6,10-13H,4,7-9H2,1-3H3,(H,18,19);1-2H3. The fraction of sp³-hybridized carbons (Fsp3) is 0.737. The maximum Gasteiger partial charge on any atom is 0.311 e. The number of fused-ring (bicyclic) bond motifs is 2.